The van der Waals surface area contributed by atoms with Gasteiger partial charge in [0.1, 0.15) is 0 Å². The summed E-state index contributed by atoms with van der Waals surface area (Å²) in [6.07, 6.45) is -3.08. The Hall–Kier alpha value is -3.82. The third-order valence-corrected chi connectivity index (χ3v) is 3.86. The van der Waals surface area contributed by atoms with Gasteiger partial charge in [0.05, 0.1) is 23.1 Å². The van der Waals surface area contributed by atoms with Crippen LogP contribution >= 0.6 is 0 Å². The van der Waals surface area contributed by atoms with Gasteiger partial charge in [0.15, 0.2) is 5.69 Å². The number of alkyl halides is 3. The first kappa shape index (κ1) is 19.0. The minimum atomic E-state index is -4.43. The van der Waals surface area contributed by atoms with E-state index in [9.17, 15) is 22.8 Å². The molecule has 0 saturated heterocycles. The molecule has 0 bridgehead atoms. The van der Waals surface area contributed by atoms with Crippen molar-refractivity contribution in [2.45, 2.75) is 6.18 Å². The second kappa shape index (κ2) is 7.06. The van der Waals surface area contributed by atoms with Crippen LogP contribution in [-0.2, 0) is 6.18 Å². The summed E-state index contributed by atoms with van der Waals surface area (Å²) in [6.45, 7) is 0. The molecule has 3 rings (SSSR count). The zero-order chi connectivity index (χ0) is 20.5. The van der Waals surface area contributed by atoms with Crippen LogP contribution in [0.3, 0.4) is 0 Å². The molecular weight excluding hydrogens is 375 g/mol. The Bertz CT molecular complexity index is 1040. The van der Waals surface area contributed by atoms with E-state index in [2.05, 4.69) is 10.4 Å². The van der Waals surface area contributed by atoms with Crippen molar-refractivity contribution in [1.82, 2.24) is 9.78 Å². The predicted octanol–water partition coefficient (Wildman–Crippen LogP) is 3.15. The minimum Gasteiger partial charge on any atom is -0.364 e. The normalized spacial score (nSPS) is 11.2. The smallest absolute Gasteiger partial charge is 0.364 e. The topological polar surface area (TPSA) is 116 Å². The molecule has 1 heterocycles. The van der Waals surface area contributed by atoms with E-state index in [0.717, 1.165) is 12.1 Å². The number of primary amides is 2. The number of nitrogens with zero attached hydrogens (tertiary/aromatic N) is 2. The van der Waals surface area contributed by atoms with Gasteiger partial charge in [-0.25, -0.2) is 9.48 Å². The highest BCUT2D eigenvalue weighted by Crippen LogP contribution is 2.32. The standard InChI is InChI=1S/C18H14F3N5O2/c19-18(20,21)12-3-1-2-11(8-12)10-4-6-13(7-5-10)26-9-14(24-17(23)28)15(25-26)16(22)27/h1-9H,(H2,22,27)(H3,23,24,28). The fourth-order valence-corrected chi connectivity index (χ4v) is 2.59. The summed E-state index contributed by atoms with van der Waals surface area (Å²) in [5, 5.41) is 6.26. The summed E-state index contributed by atoms with van der Waals surface area (Å²) >= 11 is 0. The van der Waals surface area contributed by atoms with E-state index in [0.29, 0.717) is 16.8 Å². The van der Waals surface area contributed by atoms with Crippen LogP contribution in [0.4, 0.5) is 23.7 Å². The quantitative estimate of drug-likeness (QED) is 0.636. The Morgan fingerprint density at radius 1 is 1.00 bits per heavy atom. The second-order valence-electron chi connectivity index (χ2n) is 5.81. The lowest BCUT2D eigenvalue weighted by Crippen LogP contribution is -2.22. The second-order valence-corrected chi connectivity index (χ2v) is 5.81. The van der Waals surface area contributed by atoms with Crippen molar-refractivity contribution in [1.29, 1.82) is 0 Å². The number of nitrogens with two attached hydrogens (primary N) is 2. The van der Waals surface area contributed by atoms with Gasteiger partial charge in [-0.2, -0.15) is 18.3 Å². The van der Waals surface area contributed by atoms with Crippen LogP contribution in [0.15, 0.2) is 54.7 Å². The average molecular weight is 389 g/mol. The van der Waals surface area contributed by atoms with Gasteiger partial charge in [0.25, 0.3) is 5.91 Å². The number of amides is 3. The largest absolute Gasteiger partial charge is 0.416 e. The number of anilines is 1. The summed E-state index contributed by atoms with van der Waals surface area (Å²) in [5.74, 6) is -0.858. The molecule has 0 aliphatic heterocycles. The first-order valence-electron chi connectivity index (χ1n) is 7.89. The number of urea groups is 1. The van der Waals surface area contributed by atoms with Crippen molar-refractivity contribution >= 4 is 17.6 Å². The number of rotatable bonds is 4. The Balaban J connectivity index is 1.93. The van der Waals surface area contributed by atoms with Gasteiger partial charge in [-0.1, -0.05) is 24.3 Å². The van der Waals surface area contributed by atoms with E-state index in [-0.39, 0.29) is 11.4 Å². The minimum absolute atomic E-state index is 0.0435. The zero-order valence-electron chi connectivity index (χ0n) is 14.2. The SMILES string of the molecule is NC(=O)Nc1cn(-c2ccc(-c3cccc(C(F)(F)F)c3)cc2)nc1C(N)=O. The molecule has 144 valence electrons. The lowest BCUT2D eigenvalue weighted by molar-refractivity contribution is -0.137. The van der Waals surface area contributed by atoms with Crippen molar-refractivity contribution in [3.63, 3.8) is 0 Å². The molecule has 3 amide bonds. The van der Waals surface area contributed by atoms with Gasteiger partial charge in [-0.05, 0) is 35.4 Å². The maximum Gasteiger partial charge on any atom is 0.416 e. The van der Waals surface area contributed by atoms with Crippen LogP contribution in [-0.4, -0.2) is 21.7 Å². The van der Waals surface area contributed by atoms with Gasteiger partial charge in [0.2, 0.25) is 0 Å². The zero-order valence-corrected chi connectivity index (χ0v) is 14.2. The summed E-state index contributed by atoms with van der Waals surface area (Å²) in [5.41, 5.74) is 10.9. The Kier molecular flexibility index (Phi) is 4.78. The molecule has 3 aromatic rings. The van der Waals surface area contributed by atoms with Crippen LogP contribution in [0.5, 0.6) is 0 Å². The molecule has 1 aromatic heterocycles. The Morgan fingerprint density at radius 3 is 2.25 bits per heavy atom. The van der Waals surface area contributed by atoms with Crippen molar-refractivity contribution in [2.75, 3.05) is 5.32 Å². The van der Waals surface area contributed by atoms with E-state index < -0.39 is 23.7 Å². The van der Waals surface area contributed by atoms with Gasteiger partial charge >= 0.3 is 12.2 Å². The predicted molar refractivity (Wildman–Crippen MR) is 95.7 cm³/mol. The molecule has 10 heteroatoms. The van der Waals surface area contributed by atoms with Crippen LogP contribution in [0, 0.1) is 0 Å². The molecule has 0 fully saturated rings. The fraction of sp³-hybridized carbons (Fsp3) is 0.0556. The van der Waals surface area contributed by atoms with Crippen LogP contribution in [0.25, 0.3) is 16.8 Å². The molecule has 0 atom stereocenters. The number of hydrogen-bond acceptors (Lipinski definition) is 3. The van der Waals surface area contributed by atoms with Crippen molar-refractivity contribution in [3.05, 3.63) is 66.0 Å². The first-order valence-corrected chi connectivity index (χ1v) is 7.89. The number of carbonyl (C=O) groups is 2. The number of aromatic nitrogens is 2. The van der Waals surface area contributed by atoms with E-state index in [4.69, 9.17) is 11.5 Å². The number of nitrogens with one attached hydrogen (secondary N) is 1. The molecule has 0 aliphatic carbocycles. The lowest BCUT2D eigenvalue weighted by atomic mass is 10.0. The molecule has 7 nitrogen and oxygen atoms in total. The van der Waals surface area contributed by atoms with Gasteiger partial charge in [-0.3, -0.25) is 4.79 Å². The van der Waals surface area contributed by atoms with E-state index in [1.165, 1.54) is 16.9 Å². The first-order chi connectivity index (χ1) is 13.1. The highest BCUT2D eigenvalue weighted by molar-refractivity contribution is 6.00. The summed E-state index contributed by atoms with van der Waals surface area (Å²) in [6, 6.07) is 10.5. The summed E-state index contributed by atoms with van der Waals surface area (Å²) in [4.78, 5) is 22.5. The monoisotopic (exact) mass is 389 g/mol. The van der Waals surface area contributed by atoms with E-state index in [1.807, 2.05) is 0 Å². The maximum absolute atomic E-state index is 12.9. The highest BCUT2D eigenvalue weighted by atomic mass is 19.4. The van der Waals surface area contributed by atoms with E-state index in [1.54, 1.807) is 30.3 Å². The molecule has 2 aromatic carbocycles. The van der Waals surface area contributed by atoms with Crippen LogP contribution < -0.4 is 16.8 Å². The van der Waals surface area contributed by atoms with Crippen LogP contribution in [0.1, 0.15) is 16.1 Å². The highest BCUT2D eigenvalue weighted by Gasteiger charge is 2.30. The van der Waals surface area contributed by atoms with E-state index >= 15 is 0 Å². The Labute approximate surface area is 156 Å². The molecule has 28 heavy (non-hydrogen) atoms. The number of halogens is 3. The summed E-state index contributed by atoms with van der Waals surface area (Å²) in [7, 11) is 0. The van der Waals surface area contributed by atoms with Crippen LogP contribution in [0.2, 0.25) is 0 Å². The van der Waals surface area contributed by atoms with Gasteiger partial charge in [-0.15, -0.1) is 0 Å². The number of benzene rings is 2. The van der Waals surface area contributed by atoms with Crippen molar-refractivity contribution in [2.24, 2.45) is 11.5 Å². The molecule has 0 radical (unpaired) electrons. The molecule has 5 N–H and O–H groups in total. The van der Waals surface area contributed by atoms with Crippen molar-refractivity contribution < 1.29 is 22.8 Å². The third kappa shape index (κ3) is 3.95. The number of hydrogen-bond donors (Lipinski definition) is 3. The molecule has 0 saturated carbocycles. The van der Waals surface area contributed by atoms with Gasteiger partial charge < -0.3 is 16.8 Å². The molecule has 0 spiro atoms. The number of carbonyl (C=O) groups excluding carboxylic acids is 2. The molecular formula is C18H14F3N5O2. The molecule has 0 unspecified atom stereocenters. The fourth-order valence-electron chi connectivity index (χ4n) is 2.59. The van der Waals surface area contributed by atoms with Crippen molar-refractivity contribution in [3.8, 4) is 16.8 Å². The average Bonchev–Trinajstić information content (AvgIpc) is 3.04. The maximum atomic E-state index is 12.9. The molecule has 0 aliphatic rings. The Morgan fingerprint density at radius 2 is 1.68 bits per heavy atom. The van der Waals surface area contributed by atoms with Gasteiger partial charge in [0, 0.05) is 0 Å². The lowest BCUT2D eigenvalue weighted by Gasteiger charge is -2.09. The third-order valence-electron chi connectivity index (χ3n) is 3.86. The summed E-state index contributed by atoms with van der Waals surface area (Å²) < 4.78 is 39.9.